The lowest BCUT2D eigenvalue weighted by Gasteiger charge is -2.03. The first-order chi connectivity index (χ1) is 3.81. The van der Waals surface area contributed by atoms with Gasteiger partial charge in [-0.25, -0.2) is 0 Å². The maximum atomic E-state index is 8.35. The molecule has 0 aliphatic carbocycles. The van der Waals surface area contributed by atoms with Crippen molar-refractivity contribution in [2.45, 2.75) is 18.9 Å². The van der Waals surface area contributed by atoms with Crippen LogP contribution >= 0.6 is 0 Å². The van der Waals surface area contributed by atoms with Crippen molar-refractivity contribution in [3.63, 3.8) is 0 Å². The highest BCUT2D eigenvalue weighted by atomic mass is 16.3. The van der Waals surface area contributed by atoms with Gasteiger partial charge >= 0.3 is 0 Å². The lowest BCUT2D eigenvalue weighted by molar-refractivity contribution is 0.238. The Morgan fingerprint density at radius 1 is 1.38 bits per heavy atom. The Kier molecular flexibility index (Phi) is 4.95. The number of hydrogen-bond acceptors (Lipinski definition) is 3. The molecule has 0 aliphatic rings. The molecule has 3 heteroatoms. The van der Waals surface area contributed by atoms with Crippen LogP contribution in [0.5, 0.6) is 0 Å². The van der Waals surface area contributed by atoms with Crippen molar-refractivity contribution >= 4 is 0 Å². The van der Waals surface area contributed by atoms with Crippen molar-refractivity contribution in [2.75, 3.05) is 13.2 Å². The molecule has 0 aromatic rings. The Morgan fingerprint density at radius 3 is 2.38 bits per heavy atom. The van der Waals surface area contributed by atoms with Gasteiger partial charge in [-0.15, -0.1) is 0 Å². The van der Waals surface area contributed by atoms with Gasteiger partial charge in [0, 0.05) is 12.6 Å². The van der Waals surface area contributed by atoms with Crippen molar-refractivity contribution in [1.82, 2.24) is 0 Å². The average Bonchev–Trinajstić information content (AvgIpc) is 1.83. The van der Waals surface area contributed by atoms with Gasteiger partial charge in [0.15, 0.2) is 0 Å². The second kappa shape index (κ2) is 5.03. The summed E-state index contributed by atoms with van der Waals surface area (Å²) in [5.74, 6) is 0. The quantitative estimate of drug-likeness (QED) is 0.448. The minimum atomic E-state index is -0.151. The number of aliphatic hydroxyl groups is 2. The first-order valence-corrected chi connectivity index (χ1v) is 2.78. The molecule has 3 nitrogen and oxygen atoms in total. The SMILES string of the molecule is NC(CO)CCCO. The molecule has 4 N–H and O–H groups in total. The van der Waals surface area contributed by atoms with Crippen LogP contribution in [0.4, 0.5) is 0 Å². The summed E-state index contributed by atoms with van der Waals surface area (Å²) >= 11 is 0. The molecule has 0 amide bonds. The van der Waals surface area contributed by atoms with Gasteiger partial charge in [-0.2, -0.15) is 0 Å². The molecular weight excluding hydrogens is 106 g/mol. The highest BCUT2D eigenvalue weighted by Crippen LogP contribution is 1.90. The van der Waals surface area contributed by atoms with E-state index in [-0.39, 0.29) is 19.3 Å². The van der Waals surface area contributed by atoms with Gasteiger partial charge in [-0.3, -0.25) is 0 Å². The van der Waals surface area contributed by atoms with Crippen LogP contribution in [0.3, 0.4) is 0 Å². The number of hydrogen-bond donors (Lipinski definition) is 3. The molecule has 1 unspecified atom stereocenters. The van der Waals surface area contributed by atoms with Crippen LogP contribution in [-0.4, -0.2) is 29.5 Å². The molecule has 0 spiro atoms. The number of rotatable bonds is 4. The van der Waals surface area contributed by atoms with E-state index in [1.165, 1.54) is 0 Å². The fourth-order valence-electron chi connectivity index (χ4n) is 0.445. The van der Waals surface area contributed by atoms with Crippen LogP contribution in [0.15, 0.2) is 0 Å². The van der Waals surface area contributed by atoms with Crippen molar-refractivity contribution < 1.29 is 10.2 Å². The zero-order valence-corrected chi connectivity index (χ0v) is 4.88. The molecule has 0 aromatic heterocycles. The summed E-state index contributed by atoms with van der Waals surface area (Å²) in [6.07, 6.45) is 1.38. The van der Waals surface area contributed by atoms with Gasteiger partial charge in [0.25, 0.3) is 0 Å². The van der Waals surface area contributed by atoms with Crippen LogP contribution in [0.1, 0.15) is 12.8 Å². The van der Waals surface area contributed by atoms with E-state index in [0.29, 0.717) is 12.8 Å². The van der Waals surface area contributed by atoms with Gasteiger partial charge in [0.05, 0.1) is 6.61 Å². The zero-order valence-electron chi connectivity index (χ0n) is 4.88. The summed E-state index contributed by atoms with van der Waals surface area (Å²) < 4.78 is 0. The van der Waals surface area contributed by atoms with Gasteiger partial charge in [0.2, 0.25) is 0 Å². The fraction of sp³-hybridized carbons (Fsp3) is 1.00. The molecular formula is C5H13NO2. The van der Waals surface area contributed by atoms with E-state index in [1.807, 2.05) is 0 Å². The average molecular weight is 119 g/mol. The Bertz CT molecular complexity index is 49.7. The summed E-state index contributed by atoms with van der Waals surface area (Å²) in [7, 11) is 0. The van der Waals surface area contributed by atoms with Crippen molar-refractivity contribution in [3.8, 4) is 0 Å². The van der Waals surface area contributed by atoms with Crippen LogP contribution in [-0.2, 0) is 0 Å². The summed E-state index contributed by atoms with van der Waals surface area (Å²) in [5.41, 5.74) is 5.30. The van der Waals surface area contributed by atoms with Crippen LogP contribution < -0.4 is 5.73 Å². The van der Waals surface area contributed by atoms with E-state index in [1.54, 1.807) is 0 Å². The fourth-order valence-corrected chi connectivity index (χ4v) is 0.445. The molecule has 0 rings (SSSR count). The van der Waals surface area contributed by atoms with Gasteiger partial charge < -0.3 is 15.9 Å². The molecule has 0 aliphatic heterocycles. The topological polar surface area (TPSA) is 66.5 Å². The molecule has 0 fully saturated rings. The predicted molar refractivity (Wildman–Crippen MR) is 31.4 cm³/mol. The number of aliphatic hydroxyl groups excluding tert-OH is 2. The normalized spacial score (nSPS) is 13.9. The van der Waals surface area contributed by atoms with Gasteiger partial charge in [-0.05, 0) is 12.8 Å². The van der Waals surface area contributed by atoms with E-state index in [9.17, 15) is 0 Å². The summed E-state index contributed by atoms with van der Waals surface area (Å²) in [6.45, 7) is 0.174. The monoisotopic (exact) mass is 119 g/mol. The Morgan fingerprint density at radius 2 is 2.00 bits per heavy atom. The molecule has 0 aromatic carbocycles. The van der Waals surface area contributed by atoms with Gasteiger partial charge in [0.1, 0.15) is 0 Å². The molecule has 50 valence electrons. The smallest absolute Gasteiger partial charge is 0.0582 e. The Labute approximate surface area is 49.1 Å². The minimum Gasteiger partial charge on any atom is -0.396 e. The summed E-state index contributed by atoms with van der Waals surface area (Å²) in [5, 5.41) is 16.6. The first kappa shape index (κ1) is 7.88. The van der Waals surface area contributed by atoms with E-state index >= 15 is 0 Å². The summed E-state index contributed by atoms with van der Waals surface area (Å²) in [4.78, 5) is 0. The first-order valence-electron chi connectivity index (χ1n) is 2.78. The lowest BCUT2D eigenvalue weighted by Crippen LogP contribution is -2.24. The molecule has 0 saturated heterocycles. The van der Waals surface area contributed by atoms with Crippen molar-refractivity contribution in [2.24, 2.45) is 5.73 Å². The van der Waals surface area contributed by atoms with E-state index in [2.05, 4.69) is 0 Å². The highest BCUT2D eigenvalue weighted by Gasteiger charge is 1.96. The van der Waals surface area contributed by atoms with Crippen LogP contribution in [0.2, 0.25) is 0 Å². The third-order valence-electron chi connectivity index (χ3n) is 0.968. The second-order valence-corrected chi connectivity index (χ2v) is 1.81. The predicted octanol–water partition coefficient (Wildman–Crippen LogP) is -0.922. The standard InChI is InChI=1S/C5H13NO2/c6-5(4-8)2-1-3-7/h5,7-8H,1-4,6H2. The third-order valence-corrected chi connectivity index (χ3v) is 0.968. The molecule has 0 heterocycles. The zero-order chi connectivity index (χ0) is 6.41. The Balaban J connectivity index is 2.86. The van der Waals surface area contributed by atoms with E-state index in [4.69, 9.17) is 15.9 Å². The van der Waals surface area contributed by atoms with Gasteiger partial charge in [-0.1, -0.05) is 0 Å². The van der Waals surface area contributed by atoms with Crippen molar-refractivity contribution in [1.29, 1.82) is 0 Å². The molecule has 1 atom stereocenters. The molecule has 0 radical (unpaired) electrons. The van der Waals surface area contributed by atoms with Crippen LogP contribution in [0.25, 0.3) is 0 Å². The molecule has 0 saturated carbocycles. The molecule has 8 heavy (non-hydrogen) atoms. The number of nitrogens with two attached hydrogens (primary N) is 1. The maximum Gasteiger partial charge on any atom is 0.0582 e. The Hall–Kier alpha value is -0.120. The van der Waals surface area contributed by atoms with Crippen LogP contribution in [0, 0.1) is 0 Å². The lowest BCUT2D eigenvalue weighted by atomic mass is 10.2. The van der Waals surface area contributed by atoms with E-state index in [0.717, 1.165) is 0 Å². The third kappa shape index (κ3) is 4.05. The molecule has 0 bridgehead atoms. The van der Waals surface area contributed by atoms with E-state index < -0.39 is 0 Å². The highest BCUT2D eigenvalue weighted by molar-refractivity contribution is 4.56. The minimum absolute atomic E-state index is 0.0139. The van der Waals surface area contributed by atoms with Crippen molar-refractivity contribution in [3.05, 3.63) is 0 Å². The second-order valence-electron chi connectivity index (χ2n) is 1.81. The largest absolute Gasteiger partial charge is 0.396 e. The summed E-state index contributed by atoms with van der Waals surface area (Å²) in [6, 6.07) is -0.151. The maximum absolute atomic E-state index is 8.35.